The first kappa shape index (κ1) is 14.3. The highest BCUT2D eigenvalue weighted by atomic mass is 32.2. The summed E-state index contributed by atoms with van der Waals surface area (Å²) in [5.74, 6) is 1.62. The van der Waals surface area contributed by atoms with Gasteiger partial charge in [0.2, 0.25) is 0 Å². The van der Waals surface area contributed by atoms with Crippen LogP contribution in [0.1, 0.15) is 17.7 Å². The van der Waals surface area contributed by atoms with Crippen molar-refractivity contribution in [2.45, 2.75) is 25.9 Å². The lowest BCUT2D eigenvalue weighted by Gasteiger charge is -2.17. The molecule has 1 saturated heterocycles. The summed E-state index contributed by atoms with van der Waals surface area (Å²) in [7, 11) is 3.07. The highest BCUT2D eigenvalue weighted by molar-refractivity contribution is 7.91. The lowest BCUT2D eigenvalue weighted by molar-refractivity contribution is 0.553. The summed E-state index contributed by atoms with van der Waals surface area (Å²) < 4.78 is 24.7. The molecule has 1 N–H and O–H groups in total. The number of hydrogen-bond acceptors (Lipinski definition) is 5. The van der Waals surface area contributed by atoms with Crippen molar-refractivity contribution < 1.29 is 8.42 Å². The zero-order chi connectivity index (χ0) is 14.2. The van der Waals surface area contributed by atoms with Crippen molar-refractivity contribution in [1.29, 1.82) is 0 Å². The predicted molar refractivity (Wildman–Crippen MR) is 76.2 cm³/mol. The van der Waals surface area contributed by atoms with Crippen molar-refractivity contribution in [1.82, 2.24) is 15.1 Å². The van der Waals surface area contributed by atoms with Crippen LogP contribution in [0.15, 0.2) is 0 Å². The van der Waals surface area contributed by atoms with Gasteiger partial charge in [0.25, 0.3) is 0 Å². The molecule has 0 aliphatic carbocycles. The lowest BCUT2D eigenvalue weighted by atomic mass is 10.2. The van der Waals surface area contributed by atoms with E-state index in [0.29, 0.717) is 18.7 Å². The van der Waals surface area contributed by atoms with E-state index < -0.39 is 9.84 Å². The van der Waals surface area contributed by atoms with E-state index in [1.54, 1.807) is 0 Å². The number of aryl methyl sites for hydroxylation is 2. The smallest absolute Gasteiger partial charge is 0.151 e. The van der Waals surface area contributed by atoms with Crippen LogP contribution >= 0.6 is 0 Å². The quantitative estimate of drug-likeness (QED) is 0.848. The van der Waals surface area contributed by atoms with Crippen molar-refractivity contribution in [3.63, 3.8) is 0 Å². The molecule has 1 aromatic rings. The van der Waals surface area contributed by atoms with E-state index in [1.807, 2.05) is 37.6 Å². The van der Waals surface area contributed by atoms with Gasteiger partial charge in [-0.2, -0.15) is 5.10 Å². The van der Waals surface area contributed by atoms with Gasteiger partial charge in [-0.25, -0.2) is 8.42 Å². The van der Waals surface area contributed by atoms with Crippen LogP contribution in [0, 0.1) is 6.92 Å². The Labute approximate surface area is 114 Å². The van der Waals surface area contributed by atoms with Crippen LogP contribution < -0.4 is 10.2 Å². The molecule has 6 nitrogen and oxygen atoms in total. The third-order valence-corrected chi connectivity index (χ3v) is 5.30. The Kier molecular flexibility index (Phi) is 3.87. The Morgan fingerprint density at radius 3 is 2.68 bits per heavy atom. The minimum absolute atomic E-state index is 0.0691. The molecule has 0 amide bonds. The molecule has 1 aromatic heterocycles. The van der Waals surface area contributed by atoms with Gasteiger partial charge in [-0.3, -0.25) is 4.68 Å². The van der Waals surface area contributed by atoms with Crippen LogP contribution in [0.4, 0.5) is 5.82 Å². The minimum atomic E-state index is -2.82. The molecule has 1 atom stereocenters. The number of hydrogen-bond donors (Lipinski definition) is 1. The molecule has 1 fully saturated rings. The van der Waals surface area contributed by atoms with E-state index in [9.17, 15) is 8.42 Å². The van der Waals surface area contributed by atoms with Crippen molar-refractivity contribution in [3.05, 3.63) is 11.3 Å². The third kappa shape index (κ3) is 3.09. The third-order valence-electron chi connectivity index (χ3n) is 3.54. The molecule has 0 bridgehead atoms. The summed E-state index contributed by atoms with van der Waals surface area (Å²) in [6.07, 6.45) is 0.707. The van der Waals surface area contributed by atoms with E-state index in [-0.39, 0.29) is 11.8 Å². The summed E-state index contributed by atoms with van der Waals surface area (Å²) in [4.78, 5) is 2.03. The van der Waals surface area contributed by atoms with Crippen molar-refractivity contribution in [2.75, 3.05) is 30.5 Å². The van der Waals surface area contributed by atoms with Gasteiger partial charge in [0, 0.05) is 39.3 Å². The fourth-order valence-electron chi connectivity index (χ4n) is 2.66. The molecule has 7 heteroatoms. The summed E-state index contributed by atoms with van der Waals surface area (Å²) in [6, 6.07) is 0.0691. The summed E-state index contributed by atoms with van der Waals surface area (Å²) in [5.41, 5.74) is 2.12. The maximum absolute atomic E-state index is 11.4. The maximum Gasteiger partial charge on any atom is 0.151 e. The summed E-state index contributed by atoms with van der Waals surface area (Å²) in [5, 5.41) is 7.77. The lowest BCUT2D eigenvalue weighted by Crippen LogP contribution is -2.30. The van der Waals surface area contributed by atoms with Gasteiger partial charge in [0.1, 0.15) is 5.82 Å². The molecular formula is C12H22N4O2S. The highest BCUT2D eigenvalue weighted by Gasteiger charge is 2.28. The molecule has 0 unspecified atom stereocenters. The van der Waals surface area contributed by atoms with Gasteiger partial charge in [-0.1, -0.05) is 0 Å². The molecule has 19 heavy (non-hydrogen) atoms. The number of aromatic nitrogens is 2. The number of nitrogens with one attached hydrogen (secondary N) is 1. The van der Waals surface area contributed by atoms with E-state index in [2.05, 4.69) is 10.4 Å². The van der Waals surface area contributed by atoms with Crippen LogP contribution in [0.25, 0.3) is 0 Å². The molecule has 0 spiro atoms. The van der Waals surface area contributed by atoms with Gasteiger partial charge < -0.3 is 10.2 Å². The van der Waals surface area contributed by atoms with Crippen molar-refractivity contribution in [2.24, 2.45) is 7.05 Å². The first-order valence-corrected chi connectivity index (χ1v) is 8.26. The molecule has 0 aromatic carbocycles. The monoisotopic (exact) mass is 286 g/mol. The second kappa shape index (κ2) is 5.13. The Morgan fingerprint density at radius 2 is 2.16 bits per heavy atom. The Balaban J connectivity index is 2.08. The topological polar surface area (TPSA) is 67.2 Å². The van der Waals surface area contributed by atoms with Crippen LogP contribution in [0.3, 0.4) is 0 Å². The van der Waals surface area contributed by atoms with Crippen LogP contribution in [0.5, 0.6) is 0 Å². The first-order chi connectivity index (χ1) is 8.80. The van der Waals surface area contributed by atoms with Gasteiger partial charge in [-0.15, -0.1) is 0 Å². The Hall–Kier alpha value is -1.08. The number of rotatable bonds is 4. The van der Waals surface area contributed by atoms with Crippen molar-refractivity contribution >= 4 is 15.7 Å². The van der Waals surface area contributed by atoms with Gasteiger partial charge in [-0.05, 0) is 13.3 Å². The zero-order valence-corrected chi connectivity index (χ0v) is 12.8. The molecule has 0 saturated carbocycles. The molecule has 1 aliphatic rings. The molecular weight excluding hydrogens is 264 g/mol. The summed E-state index contributed by atoms with van der Waals surface area (Å²) in [6.45, 7) is 2.64. The van der Waals surface area contributed by atoms with Crippen molar-refractivity contribution in [3.8, 4) is 0 Å². The fourth-order valence-corrected chi connectivity index (χ4v) is 4.37. The normalized spacial score (nSPS) is 21.8. The Morgan fingerprint density at radius 1 is 1.47 bits per heavy atom. The maximum atomic E-state index is 11.4. The van der Waals surface area contributed by atoms with E-state index >= 15 is 0 Å². The number of nitrogens with zero attached hydrogens (tertiary/aromatic N) is 3. The van der Waals surface area contributed by atoms with Crippen LogP contribution in [-0.2, 0) is 23.4 Å². The van der Waals surface area contributed by atoms with Gasteiger partial charge >= 0.3 is 0 Å². The zero-order valence-electron chi connectivity index (χ0n) is 12.0. The number of sulfone groups is 1. The minimum Gasteiger partial charge on any atom is -0.363 e. The molecule has 1 aliphatic heterocycles. The molecule has 2 heterocycles. The standard InChI is InChI=1S/C12H22N4O2S/c1-9-11(12(15(2)3)16(4)14-9)7-13-10-5-6-19(17,18)8-10/h10,13H,5-8H2,1-4H3/t10-/m1/s1. The summed E-state index contributed by atoms with van der Waals surface area (Å²) >= 11 is 0. The largest absolute Gasteiger partial charge is 0.363 e. The Bertz CT molecular complexity index is 563. The molecule has 108 valence electrons. The second-order valence-electron chi connectivity index (χ2n) is 5.39. The number of anilines is 1. The van der Waals surface area contributed by atoms with Gasteiger partial charge in [0.05, 0.1) is 17.2 Å². The van der Waals surface area contributed by atoms with Crippen LogP contribution in [0.2, 0.25) is 0 Å². The molecule has 2 rings (SSSR count). The molecule has 0 radical (unpaired) electrons. The average Bonchev–Trinajstić information content (AvgIpc) is 2.75. The fraction of sp³-hybridized carbons (Fsp3) is 0.750. The van der Waals surface area contributed by atoms with E-state index in [4.69, 9.17) is 0 Å². The van der Waals surface area contributed by atoms with E-state index in [0.717, 1.165) is 17.1 Å². The van der Waals surface area contributed by atoms with Crippen LogP contribution in [-0.4, -0.2) is 49.8 Å². The van der Waals surface area contributed by atoms with E-state index in [1.165, 1.54) is 0 Å². The highest BCUT2D eigenvalue weighted by Crippen LogP contribution is 2.22. The predicted octanol–water partition coefficient (Wildman–Crippen LogP) is 0.0712. The van der Waals surface area contributed by atoms with Gasteiger partial charge in [0.15, 0.2) is 9.84 Å². The second-order valence-corrected chi connectivity index (χ2v) is 7.62. The SMILES string of the molecule is Cc1nn(C)c(N(C)C)c1CN[C@@H]1CCS(=O)(=O)C1. The first-order valence-electron chi connectivity index (χ1n) is 6.44. The average molecular weight is 286 g/mol.